The van der Waals surface area contributed by atoms with E-state index >= 15 is 0 Å². The molecule has 1 fully saturated rings. The Kier molecular flexibility index (Phi) is 6.06. The quantitative estimate of drug-likeness (QED) is 0.883. The van der Waals surface area contributed by atoms with Gasteiger partial charge in [-0.15, -0.1) is 0 Å². The Hall–Kier alpha value is -1.07. The number of carbonyl (C=O) groups excluding carboxylic acids is 1. The van der Waals surface area contributed by atoms with Gasteiger partial charge in [0, 0.05) is 17.6 Å². The summed E-state index contributed by atoms with van der Waals surface area (Å²) in [6, 6.07) is 5.52. The molecule has 0 aliphatic carbocycles. The van der Waals surface area contributed by atoms with Gasteiger partial charge in [0.1, 0.15) is 5.75 Å². The molecule has 1 aromatic rings. The number of likely N-dealkylation sites (tertiary alicyclic amines) is 1. The topological polar surface area (TPSA) is 41.6 Å². The largest absolute Gasteiger partial charge is 0.497 e. The monoisotopic (exact) mass is 354 g/mol. The van der Waals surface area contributed by atoms with Crippen LogP contribution in [0.15, 0.2) is 22.7 Å². The summed E-state index contributed by atoms with van der Waals surface area (Å²) in [7, 11) is 1.61. The van der Waals surface area contributed by atoms with Crippen molar-refractivity contribution in [1.29, 1.82) is 0 Å². The highest BCUT2D eigenvalue weighted by Crippen LogP contribution is 2.26. The zero-order valence-corrected chi connectivity index (χ0v) is 14.3. The van der Waals surface area contributed by atoms with E-state index in [2.05, 4.69) is 28.2 Å². The fourth-order valence-electron chi connectivity index (χ4n) is 2.65. The molecule has 0 unspecified atom stereocenters. The number of methoxy groups -OCH3 is 1. The number of benzene rings is 1. The summed E-state index contributed by atoms with van der Waals surface area (Å²) >= 11 is 3.46. The number of piperidine rings is 1. The molecule has 1 N–H and O–H groups in total. The first-order valence-corrected chi connectivity index (χ1v) is 8.28. The fourth-order valence-corrected chi connectivity index (χ4v) is 3.07. The van der Waals surface area contributed by atoms with Gasteiger partial charge in [0.15, 0.2) is 0 Å². The molecule has 0 aromatic heterocycles. The molecular formula is C16H23BrN2O2. The minimum atomic E-state index is 0.0858. The molecule has 2 rings (SSSR count). The van der Waals surface area contributed by atoms with Gasteiger partial charge in [0.05, 0.1) is 12.7 Å². The van der Waals surface area contributed by atoms with Gasteiger partial charge in [0.2, 0.25) is 0 Å². The van der Waals surface area contributed by atoms with Crippen molar-refractivity contribution in [2.45, 2.75) is 19.8 Å². The SMILES string of the molecule is CCNCC1CCN(C(=O)c2cc(OC)ccc2Br)CC1. The van der Waals surface area contributed by atoms with Crippen molar-refractivity contribution >= 4 is 21.8 Å². The predicted molar refractivity (Wildman–Crippen MR) is 87.9 cm³/mol. The van der Waals surface area contributed by atoms with Gasteiger partial charge in [-0.25, -0.2) is 0 Å². The molecule has 1 amide bonds. The van der Waals surface area contributed by atoms with E-state index in [1.807, 2.05) is 17.0 Å². The van der Waals surface area contributed by atoms with Gasteiger partial charge in [-0.05, 0) is 66.0 Å². The van der Waals surface area contributed by atoms with Crippen molar-refractivity contribution in [3.05, 3.63) is 28.2 Å². The third-order valence-electron chi connectivity index (χ3n) is 3.99. The lowest BCUT2D eigenvalue weighted by atomic mass is 9.96. The molecule has 1 heterocycles. The van der Waals surface area contributed by atoms with Crippen LogP contribution in [0.1, 0.15) is 30.1 Å². The molecule has 1 aliphatic heterocycles. The van der Waals surface area contributed by atoms with E-state index in [1.54, 1.807) is 13.2 Å². The second-order valence-corrected chi connectivity index (χ2v) is 6.24. The average Bonchev–Trinajstić information content (AvgIpc) is 2.53. The van der Waals surface area contributed by atoms with Crippen LogP contribution in [-0.2, 0) is 0 Å². The number of nitrogens with zero attached hydrogens (tertiary/aromatic N) is 1. The van der Waals surface area contributed by atoms with Crippen molar-refractivity contribution in [3.63, 3.8) is 0 Å². The summed E-state index contributed by atoms with van der Waals surface area (Å²) < 4.78 is 6.03. The van der Waals surface area contributed by atoms with E-state index in [-0.39, 0.29) is 5.91 Å². The van der Waals surface area contributed by atoms with Gasteiger partial charge >= 0.3 is 0 Å². The molecule has 0 bridgehead atoms. The van der Waals surface area contributed by atoms with Crippen LogP contribution in [0, 0.1) is 5.92 Å². The average molecular weight is 355 g/mol. The number of hydrogen-bond acceptors (Lipinski definition) is 3. The molecule has 0 saturated carbocycles. The third kappa shape index (κ3) is 4.20. The molecule has 1 aromatic carbocycles. The number of nitrogens with one attached hydrogen (secondary N) is 1. The van der Waals surface area contributed by atoms with Crippen LogP contribution in [0.4, 0.5) is 0 Å². The van der Waals surface area contributed by atoms with Gasteiger partial charge in [0.25, 0.3) is 5.91 Å². The van der Waals surface area contributed by atoms with Gasteiger partial charge < -0.3 is 15.0 Å². The number of ether oxygens (including phenoxy) is 1. The summed E-state index contributed by atoms with van der Waals surface area (Å²) in [5.41, 5.74) is 0.680. The molecule has 1 aliphatic rings. The maximum absolute atomic E-state index is 12.6. The predicted octanol–water partition coefficient (Wildman–Crippen LogP) is 2.92. The van der Waals surface area contributed by atoms with Crippen LogP contribution in [0.2, 0.25) is 0 Å². The van der Waals surface area contributed by atoms with Gasteiger partial charge in [-0.2, -0.15) is 0 Å². The summed E-state index contributed by atoms with van der Waals surface area (Å²) in [5, 5.41) is 3.39. The Balaban J connectivity index is 1.98. The van der Waals surface area contributed by atoms with Crippen molar-refractivity contribution in [3.8, 4) is 5.75 Å². The summed E-state index contributed by atoms with van der Waals surface area (Å²) in [5.74, 6) is 1.48. The lowest BCUT2D eigenvalue weighted by Gasteiger charge is -2.32. The van der Waals surface area contributed by atoms with E-state index in [1.165, 1.54) is 0 Å². The number of halogens is 1. The van der Waals surface area contributed by atoms with E-state index in [9.17, 15) is 4.79 Å². The standard InChI is InChI=1S/C16H23BrN2O2/c1-3-18-11-12-6-8-19(9-7-12)16(20)14-10-13(21-2)4-5-15(14)17/h4-5,10,12,18H,3,6-9,11H2,1-2H3. The first-order chi connectivity index (χ1) is 10.2. The highest BCUT2D eigenvalue weighted by Gasteiger charge is 2.24. The summed E-state index contributed by atoms with van der Waals surface area (Å²) in [4.78, 5) is 14.6. The van der Waals surface area contributed by atoms with E-state index in [0.29, 0.717) is 17.2 Å². The Morgan fingerprint density at radius 2 is 2.14 bits per heavy atom. The minimum absolute atomic E-state index is 0.0858. The molecule has 21 heavy (non-hydrogen) atoms. The van der Waals surface area contributed by atoms with Crippen LogP contribution < -0.4 is 10.1 Å². The first kappa shape index (κ1) is 16.3. The van der Waals surface area contributed by atoms with E-state index in [0.717, 1.165) is 43.5 Å². The first-order valence-electron chi connectivity index (χ1n) is 7.49. The van der Waals surface area contributed by atoms with Gasteiger partial charge in [-0.3, -0.25) is 4.79 Å². The maximum Gasteiger partial charge on any atom is 0.255 e. The fraction of sp³-hybridized carbons (Fsp3) is 0.562. The molecule has 4 nitrogen and oxygen atoms in total. The lowest BCUT2D eigenvalue weighted by molar-refractivity contribution is 0.0689. The zero-order chi connectivity index (χ0) is 15.2. The van der Waals surface area contributed by atoms with Crippen molar-refractivity contribution < 1.29 is 9.53 Å². The molecule has 1 saturated heterocycles. The number of amides is 1. The molecular weight excluding hydrogens is 332 g/mol. The minimum Gasteiger partial charge on any atom is -0.497 e. The highest BCUT2D eigenvalue weighted by atomic mass is 79.9. The molecule has 0 spiro atoms. The Morgan fingerprint density at radius 1 is 1.43 bits per heavy atom. The Morgan fingerprint density at radius 3 is 2.76 bits per heavy atom. The van der Waals surface area contributed by atoms with Crippen LogP contribution in [0.3, 0.4) is 0 Å². The van der Waals surface area contributed by atoms with Crippen LogP contribution >= 0.6 is 15.9 Å². The van der Waals surface area contributed by atoms with Gasteiger partial charge in [-0.1, -0.05) is 6.92 Å². The molecule has 0 atom stereocenters. The zero-order valence-electron chi connectivity index (χ0n) is 12.7. The maximum atomic E-state index is 12.6. The normalized spacial score (nSPS) is 16.0. The van der Waals surface area contributed by atoms with Crippen LogP contribution in [-0.4, -0.2) is 44.1 Å². The van der Waals surface area contributed by atoms with Crippen molar-refractivity contribution in [1.82, 2.24) is 10.2 Å². The van der Waals surface area contributed by atoms with E-state index in [4.69, 9.17) is 4.74 Å². The van der Waals surface area contributed by atoms with E-state index < -0.39 is 0 Å². The smallest absolute Gasteiger partial charge is 0.255 e. The second kappa shape index (κ2) is 7.80. The van der Waals surface area contributed by atoms with Crippen LogP contribution in [0.25, 0.3) is 0 Å². The highest BCUT2D eigenvalue weighted by molar-refractivity contribution is 9.10. The Labute approximate surface area is 135 Å². The Bertz CT molecular complexity index is 485. The number of rotatable bonds is 5. The summed E-state index contributed by atoms with van der Waals surface area (Å²) in [6.07, 6.45) is 2.14. The summed E-state index contributed by atoms with van der Waals surface area (Å²) in [6.45, 7) is 5.85. The van der Waals surface area contributed by atoms with Crippen LogP contribution in [0.5, 0.6) is 5.75 Å². The number of carbonyl (C=O) groups is 1. The lowest BCUT2D eigenvalue weighted by Crippen LogP contribution is -2.40. The van der Waals surface area contributed by atoms with Crippen molar-refractivity contribution in [2.24, 2.45) is 5.92 Å². The number of hydrogen-bond donors (Lipinski definition) is 1. The molecule has 116 valence electrons. The molecule has 5 heteroatoms. The molecule has 0 radical (unpaired) electrons. The second-order valence-electron chi connectivity index (χ2n) is 5.39. The van der Waals surface area contributed by atoms with Crippen molar-refractivity contribution in [2.75, 3.05) is 33.3 Å². The third-order valence-corrected chi connectivity index (χ3v) is 4.68.